The first-order valence-corrected chi connectivity index (χ1v) is 7.06. The van der Waals surface area contributed by atoms with Crippen molar-refractivity contribution in [1.29, 1.82) is 0 Å². The van der Waals surface area contributed by atoms with E-state index in [1.165, 1.54) is 19.2 Å². The molecule has 0 saturated carbocycles. The second-order valence-electron chi connectivity index (χ2n) is 4.47. The molecule has 0 unspecified atom stereocenters. The highest BCUT2D eigenvalue weighted by Gasteiger charge is 2.11. The van der Waals surface area contributed by atoms with Crippen LogP contribution in [0.25, 0.3) is 0 Å². The highest BCUT2D eigenvalue weighted by atomic mass is 79.9. The second-order valence-corrected chi connectivity index (χ2v) is 5.33. The lowest BCUT2D eigenvalue weighted by Gasteiger charge is -2.08. The Morgan fingerprint density at radius 1 is 1.24 bits per heavy atom. The van der Waals surface area contributed by atoms with Crippen molar-refractivity contribution < 1.29 is 18.7 Å². The average Bonchev–Trinajstić information content (AvgIpc) is 2.48. The van der Waals surface area contributed by atoms with Crippen molar-refractivity contribution >= 4 is 21.7 Å². The summed E-state index contributed by atoms with van der Waals surface area (Å²) in [7, 11) is 1.37. The van der Waals surface area contributed by atoms with E-state index in [0.29, 0.717) is 5.75 Å². The number of halogens is 2. The van der Waals surface area contributed by atoms with Crippen LogP contribution in [0.15, 0.2) is 40.9 Å². The number of methoxy groups -OCH3 is 1. The van der Waals surface area contributed by atoms with Crippen molar-refractivity contribution in [1.82, 2.24) is 0 Å². The Kier molecular flexibility index (Phi) is 4.96. The smallest absolute Gasteiger partial charge is 0.200 e. The molecule has 2 aromatic rings. The van der Waals surface area contributed by atoms with Crippen LogP contribution in [0.2, 0.25) is 0 Å². The molecule has 0 N–H and O–H groups in total. The maximum Gasteiger partial charge on any atom is 0.200 e. The van der Waals surface area contributed by atoms with Crippen molar-refractivity contribution in [2.45, 2.75) is 6.92 Å². The summed E-state index contributed by atoms with van der Waals surface area (Å²) in [4.78, 5) is 12.0. The summed E-state index contributed by atoms with van der Waals surface area (Å²) in [6, 6.07) is 9.53. The molecule has 0 heterocycles. The minimum absolute atomic E-state index is 0.107. The third kappa shape index (κ3) is 3.82. The van der Waals surface area contributed by atoms with Gasteiger partial charge in [0, 0.05) is 10.0 Å². The molecule has 0 aliphatic rings. The van der Waals surface area contributed by atoms with Crippen LogP contribution >= 0.6 is 15.9 Å². The summed E-state index contributed by atoms with van der Waals surface area (Å²) in [5.41, 5.74) is 1.26. The highest BCUT2D eigenvalue weighted by Crippen LogP contribution is 2.22. The summed E-state index contributed by atoms with van der Waals surface area (Å²) in [5, 5.41) is 0. The first kappa shape index (κ1) is 15.5. The molecular formula is C16H14BrFO3. The van der Waals surface area contributed by atoms with Crippen molar-refractivity contribution in [3.05, 3.63) is 57.8 Å². The van der Waals surface area contributed by atoms with Gasteiger partial charge in [-0.25, -0.2) is 4.39 Å². The zero-order valence-corrected chi connectivity index (χ0v) is 13.2. The minimum Gasteiger partial charge on any atom is -0.494 e. The fourth-order valence-corrected chi connectivity index (χ4v) is 2.03. The summed E-state index contributed by atoms with van der Waals surface area (Å²) in [5.74, 6) is -0.158. The van der Waals surface area contributed by atoms with E-state index < -0.39 is 5.82 Å². The molecule has 0 amide bonds. The monoisotopic (exact) mass is 352 g/mol. The van der Waals surface area contributed by atoms with Crippen LogP contribution < -0.4 is 9.47 Å². The van der Waals surface area contributed by atoms with E-state index in [0.717, 1.165) is 16.1 Å². The van der Waals surface area contributed by atoms with Gasteiger partial charge in [0.15, 0.2) is 24.0 Å². The fraction of sp³-hybridized carbons (Fsp3) is 0.188. The van der Waals surface area contributed by atoms with Gasteiger partial charge in [-0.05, 0) is 48.9 Å². The number of hydrogen-bond acceptors (Lipinski definition) is 3. The molecule has 0 spiro atoms. The molecule has 5 heteroatoms. The molecule has 0 radical (unpaired) electrons. The maximum atomic E-state index is 13.5. The number of rotatable bonds is 5. The van der Waals surface area contributed by atoms with Crippen LogP contribution in [0, 0.1) is 12.7 Å². The summed E-state index contributed by atoms with van der Waals surface area (Å²) in [6.07, 6.45) is 0. The van der Waals surface area contributed by atoms with Gasteiger partial charge in [-0.2, -0.15) is 0 Å². The Morgan fingerprint density at radius 3 is 2.62 bits per heavy atom. The quantitative estimate of drug-likeness (QED) is 0.757. The molecule has 0 aliphatic carbocycles. The average molecular weight is 353 g/mol. The number of ether oxygens (including phenoxy) is 2. The molecule has 2 aromatic carbocycles. The van der Waals surface area contributed by atoms with Gasteiger partial charge in [0.25, 0.3) is 0 Å². The number of Topliss-reactive ketones (excluding diaryl/α,β-unsaturated/α-hetero) is 1. The third-order valence-electron chi connectivity index (χ3n) is 2.97. The Hall–Kier alpha value is -1.88. The lowest BCUT2D eigenvalue weighted by atomic mass is 10.1. The summed E-state index contributed by atoms with van der Waals surface area (Å²) >= 11 is 3.39. The molecule has 0 atom stereocenters. The van der Waals surface area contributed by atoms with Crippen LogP contribution in [0.5, 0.6) is 11.5 Å². The molecule has 0 aliphatic heterocycles. The minimum atomic E-state index is -0.567. The van der Waals surface area contributed by atoms with E-state index >= 15 is 0 Å². The van der Waals surface area contributed by atoms with Crippen molar-refractivity contribution in [2.75, 3.05) is 13.7 Å². The number of carbonyl (C=O) groups excluding carboxylic acids is 1. The molecule has 0 aromatic heterocycles. The van der Waals surface area contributed by atoms with E-state index in [2.05, 4.69) is 15.9 Å². The topological polar surface area (TPSA) is 35.5 Å². The number of ketones is 1. The van der Waals surface area contributed by atoms with Crippen LogP contribution in [-0.2, 0) is 0 Å². The number of benzene rings is 2. The molecule has 2 rings (SSSR count). The molecule has 0 saturated heterocycles. The molecule has 0 fully saturated rings. The van der Waals surface area contributed by atoms with Gasteiger partial charge in [0.1, 0.15) is 5.75 Å². The zero-order valence-electron chi connectivity index (χ0n) is 11.7. The first-order valence-electron chi connectivity index (χ1n) is 6.27. The van der Waals surface area contributed by atoms with Crippen molar-refractivity contribution in [3.8, 4) is 11.5 Å². The van der Waals surface area contributed by atoms with Gasteiger partial charge in [-0.15, -0.1) is 0 Å². The molecule has 21 heavy (non-hydrogen) atoms. The lowest BCUT2D eigenvalue weighted by molar-refractivity contribution is 0.0921. The number of hydrogen-bond donors (Lipinski definition) is 0. The largest absolute Gasteiger partial charge is 0.494 e. The van der Waals surface area contributed by atoms with Gasteiger partial charge in [-0.3, -0.25) is 4.79 Å². The van der Waals surface area contributed by atoms with Crippen molar-refractivity contribution in [2.24, 2.45) is 0 Å². The Morgan fingerprint density at radius 2 is 2.00 bits per heavy atom. The Bertz CT molecular complexity index is 671. The third-order valence-corrected chi connectivity index (χ3v) is 3.86. The van der Waals surface area contributed by atoms with Crippen LogP contribution in [0.1, 0.15) is 15.9 Å². The molecule has 3 nitrogen and oxygen atoms in total. The molecular weight excluding hydrogens is 339 g/mol. The SMILES string of the molecule is COc1ccc(C(=O)COc2ccc(Br)c(C)c2)cc1F. The van der Waals surface area contributed by atoms with E-state index in [9.17, 15) is 9.18 Å². The van der Waals surface area contributed by atoms with Crippen LogP contribution in [-0.4, -0.2) is 19.5 Å². The van der Waals surface area contributed by atoms with Gasteiger partial charge in [0.2, 0.25) is 0 Å². The standard InChI is InChI=1S/C16H14BrFO3/c1-10-7-12(4-5-13(10)17)21-9-15(19)11-3-6-16(20-2)14(18)8-11/h3-8H,9H2,1-2H3. The second kappa shape index (κ2) is 6.72. The van der Waals surface area contributed by atoms with Gasteiger partial charge in [-0.1, -0.05) is 15.9 Å². The summed E-state index contributed by atoms with van der Waals surface area (Å²) < 4.78 is 24.8. The number of carbonyl (C=O) groups is 1. The van der Waals surface area contributed by atoms with Gasteiger partial charge >= 0.3 is 0 Å². The lowest BCUT2D eigenvalue weighted by Crippen LogP contribution is -2.12. The van der Waals surface area contributed by atoms with Gasteiger partial charge < -0.3 is 9.47 Å². The van der Waals surface area contributed by atoms with E-state index in [4.69, 9.17) is 9.47 Å². The first-order chi connectivity index (χ1) is 10.0. The predicted molar refractivity (Wildman–Crippen MR) is 81.7 cm³/mol. The van der Waals surface area contributed by atoms with E-state index in [1.807, 2.05) is 19.1 Å². The normalized spacial score (nSPS) is 10.3. The predicted octanol–water partition coefficient (Wildman–Crippen LogP) is 4.17. The highest BCUT2D eigenvalue weighted by molar-refractivity contribution is 9.10. The van der Waals surface area contributed by atoms with E-state index in [-0.39, 0.29) is 23.7 Å². The summed E-state index contributed by atoms with van der Waals surface area (Å²) in [6.45, 7) is 1.78. The number of aryl methyl sites for hydroxylation is 1. The molecule has 0 bridgehead atoms. The molecule has 110 valence electrons. The van der Waals surface area contributed by atoms with Crippen molar-refractivity contribution in [3.63, 3.8) is 0 Å². The Labute approximate surface area is 130 Å². The van der Waals surface area contributed by atoms with Crippen LogP contribution in [0.4, 0.5) is 4.39 Å². The van der Waals surface area contributed by atoms with Crippen LogP contribution in [0.3, 0.4) is 0 Å². The van der Waals surface area contributed by atoms with Gasteiger partial charge in [0.05, 0.1) is 7.11 Å². The fourth-order valence-electron chi connectivity index (χ4n) is 1.78. The maximum absolute atomic E-state index is 13.5. The zero-order chi connectivity index (χ0) is 15.4. The van der Waals surface area contributed by atoms with E-state index in [1.54, 1.807) is 6.07 Å². The Balaban J connectivity index is 2.04.